The summed E-state index contributed by atoms with van der Waals surface area (Å²) in [5.74, 6) is 0. The SMILES string of the molecule is CC1(C)OB(/C(=C/[Si](C)(C)C)c2ccc(C(F)(F)F)cc2)OC1(C)C. The van der Waals surface area contributed by atoms with E-state index < -0.39 is 38.1 Å². The minimum atomic E-state index is -4.34. The van der Waals surface area contributed by atoms with Gasteiger partial charge < -0.3 is 9.31 Å². The van der Waals surface area contributed by atoms with E-state index >= 15 is 0 Å². The Kier molecular flexibility index (Phi) is 5.09. The molecule has 1 fully saturated rings. The van der Waals surface area contributed by atoms with E-state index in [1.54, 1.807) is 0 Å². The second-order valence-corrected chi connectivity index (χ2v) is 13.6. The van der Waals surface area contributed by atoms with Crippen LogP contribution in [-0.4, -0.2) is 26.4 Å². The lowest BCUT2D eigenvalue weighted by atomic mass is 9.75. The van der Waals surface area contributed by atoms with Gasteiger partial charge in [-0.05, 0) is 50.9 Å². The molecular formula is C18H26BF3O2Si. The van der Waals surface area contributed by atoms with Crippen LogP contribution in [0, 0.1) is 0 Å². The first-order valence-corrected chi connectivity index (χ1v) is 12.0. The molecule has 1 heterocycles. The molecule has 0 N–H and O–H groups in total. The van der Waals surface area contributed by atoms with E-state index in [-0.39, 0.29) is 0 Å². The Hall–Kier alpha value is -1.05. The molecule has 1 aromatic rings. The van der Waals surface area contributed by atoms with Gasteiger partial charge in [-0.3, -0.25) is 0 Å². The lowest BCUT2D eigenvalue weighted by Crippen LogP contribution is -2.41. The minimum absolute atomic E-state index is 0.498. The highest BCUT2D eigenvalue weighted by atomic mass is 28.3. The third kappa shape index (κ3) is 4.57. The van der Waals surface area contributed by atoms with Crippen molar-refractivity contribution < 1.29 is 22.5 Å². The molecular weight excluding hydrogens is 344 g/mol. The second-order valence-electron chi connectivity index (χ2n) is 8.63. The fourth-order valence-electron chi connectivity index (χ4n) is 2.58. The summed E-state index contributed by atoms with van der Waals surface area (Å²) in [5.41, 5.74) is 2.00. The molecule has 138 valence electrons. The Labute approximate surface area is 149 Å². The van der Waals surface area contributed by atoms with Gasteiger partial charge in [-0.25, -0.2) is 0 Å². The van der Waals surface area contributed by atoms with Gasteiger partial charge in [-0.2, -0.15) is 13.2 Å². The van der Waals surface area contributed by atoms with Gasteiger partial charge >= 0.3 is 13.3 Å². The third-order valence-corrected chi connectivity index (χ3v) is 5.82. The highest BCUT2D eigenvalue weighted by Gasteiger charge is 2.52. The van der Waals surface area contributed by atoms with Crippen molar-refractivity contribution in [3.05, 3.63) is 41.1 Å². The summed E-state index contributed by atoms with van der Waals surface area (Å²) >= 11 is 0. The summed E-state index contributed by atoms with van der Waals surface area (Å²) in [6.07, 6.45) is -4.34. The van der Waals surface area contributed by atoms with E-state index in [4.69, 9.17) is 9.31 Å². The first-order valence-electron chi connectivity index (χ1n) is 8.38. The van der Waals surface area contributed by atoms with E-state index in [1.165, 1.54) is 12.1 Å². The molecule has 1 aromatic carbocycles. The molecule has 0 spiro atoms. The lowest BCUT2D eigenvalue weighted by Gasteiger charge is -2.32. The third-order valence-electron chi connectivity index (χ3n) is 4.64. The zero-order valence-corrected chi connectivity index (χ0v) is 16.9. The molecule has 0 atom stereocenters. The van der Waals surface area contributed by atoms with Crippen molar-refractivity contribution in [2.24, 2.45) is 0 Å². The molecule has 0 saturated carbocycles. The molecule has 0 aromatic heterocycles. The van der Waals surface area contributed by atoms with Gasteiger partial charge in [-0.1, -0.05) is 37.5 Å². The number of rotatable bonds is 3. The molecule has 1 saturated heterocycles. The zero-order valence-electron chi connectivity index (χ0n) is 15.9. The van der Waals surface area contributed by atoms with Gasteiger partial charge in [0, 0.05) is 0 Å². The van der Waals surface area contributed by atoms with Gasteiger partial charge in [0.25, 0.3) is 0 Å². The number of alkyl halides is 3. The molecule has 7 heteroatoms. The van der Waals surface area contributed by atoms with Crippen molar-refractivity contribution in [3.63, 3.8) is 0 Å². The molecule has 1 aliphatic rings. The van der Waals surface area contributed by atoms with Gasteiger partial charge in [-0.15, -0.1) is 0 Å². The average molecular weight is 370 g/mol. The molecule has 0 radical (unpaired) electrons. The van der Waals surface area contributed by atoms with Crippen molar-refractivity contribution in [1.29, 1.82) is 0 Å². The first kappa shape index (κ1) is 20.3. The van der Waals surface area contributed by atoms with Crippen LogP contribution in [0.2, 0.25) is 19.6 Å². The molecule has 2 nitrogen and oxygen atoms in total. The van der Waals surface area contributed by atoms with Crippen LogP contribution in [0.4, 0.5) is 13.2 Å². The molecule has 0 aliphatic carbocycles. The Morgan fingerprint density at radius 3 is 1.76 bits per heavy atom. The van der Waals surface area contributed by atoms with Crippen LogP contribution in [-0.2, 0) is 15.5 Å². The van der Waals surface area contributed by atoms with Crippen LogP contribution in [0.25, 0.3) is 5.47 Å². The summed E-state index contributed by atoms with van der Waals surface area (Å²) in [5, 5.41) is 0. The van der Waals surface area contributed by atoms with Crippen LogP contribution in [0.15, 0.2) is 30.0 Å². The molecule has 0 bridgehead atoms. The fourth-order valence-corrected chi connectivity index (χ4v) is 3.81. The Morgan fingerprint density at radius 2 is 1.40 bits per heavy atom. The van der Waals surface area contributed by atoms with Gasteiger partial charge in [0.1, 0.15) is 0 Å². The maximum Gasteiger partial charge on any atom is 0.494 e. The Bertz CT molecular complexity index is 642. The van der Waals surface area contributed by atoms with Crippen LogP contribution in [0.3, 0.4) is 0 Å². The Morgan fingerprint density at radius 1 is 0.960 bits per heavy atom. The van der Waals surface area contributed by atoms with Crippen molar-refractivity contribution in [2.45, 2.75) is 64.7 Å². The molecule has 25 heavy (non-hydrogen) atoms. The van der Waals surface area contributed by atoms with Crippen molar-refractivity contribution in [1.82, 2.24) is 0 Å². The van der Waals surface area contributed by atoms with Gasteiger partial charge in [0.2, 0.25) is 0 Å². The molecule has 1 aliphatic heterocycles. The second kappa shape index (κ2) is 6.28. The largest absolute Gasteiger partial charge is 0.494 e. The van der Waals surface area contributed by atoms with E-state index in [1.807, 2.05) is 27.7 Å². The number of halogens is 3. The van der Waals surface area contributed by atoms with Crippen LogP contribution in [0.5, 0.6) is 0 Å². The highest BCUT2D eigenvalue weighted by molar-refractivity contribution is 6.85. The topological polar surface area (TPSA) is 18.5 Å². The summed E-state index contributed by atoms with van der Waals surface area (Å²) in [7, 11) is -2.25. The number of benzene rings is 1. The average Bonchev–Trinajstić information content (AvgIpc) is 2.63. The van der Waals surface area contributed by atoms with Crippen LogP contribution in [0.1, 0.15) is 38.8 Å². The normalized spacial score (nSPS) is 20.9. The van der Waals surface area contributed by atoms with E-state index in [0.717, 1.165) is 17.6 Å². The van der Waals surface area contributed by atoms with Crippen LogP contribution < -0.4 is 0 Å². The van der Waals surface area contributed by atoms with Gasteiger partial charge in [0.15, 0.2) is 0 Å². The predicted octanol–water partition coefficient (Wildman–Crippen LogP) is 5.60. The summed E-state index contributed by atoms with van der Waals surface area (Å²) in [6, 6.07) is 5.22. The maximum atomic E-state index is 12.8. The fraction of sp³-hybridized carbons (Fsp3) is 0.556. The number of hydrogen-bond donors (Lipinski definition) is 0. The summed E-state index contributed by atoms with van der Waals surface area (Å²) < 4.78 is 50.8. The van der Waals surface area contributed by atoms with Crippen molar-refractivity contribution >= 4 is 20.7 Å². The maximum absolute atomic E-state index is 12.8. The summed E-state index contributed by atoms with van der Waals surface area (Å²) in [4.78, 5) is 0. The first-order chi connectivity index (χ1) is 11.1. The highest BCUT2D eigenvalue weighted by Crippen LogP contribution is 2.41. The lowest BCUT2D eigenvalue weighted by molar-refractivity contribution is -0.137. The monoisotopic (exact) mass is 370 g/mol. The Balaban J connectivity index is 2.44. The zero-order chi connectivity index (χ0) is 19.3. The predicted molar refractivity (Wildman–Crippen MR) is 98.8 cm³/mol. The van der Waals surface area contributed by atoms with Crippen LogP contribution >= 0.6 is 0 Å². The minimum Gasteiger partial charge on any atom is -0.399 e. The molecule has 0 amide bonds. The molecule has 0 unspecified atom stereocenters. The van der Waals surface area contributed by atoms with Crippen molar-refractivity contribution in [3.8, 4) is 0 Å². The standard InChI is InChI=1S/C18H26BF3O2Si/c1-16(2)17(3,4)24-19(23-16)15(12-25(5,6)7)13-8-10-14(11-9-13)18(20,21)22/h8-12H,1-7H3/b15-12+. The van der Waals surface area contributed by atoms with E-state index in [0.29, 0.717) is 5.56 Å². The number of hydrogen-bond acceptors (Lipinski definition) is 2. The summed E-state index contributed by atoms with van der Waals surface area (Å²) in [6.45, 7) is 14.4. The smallest absolute Gasteiger partial charge is 0.399 e. The quantitative estimate of drug-likeness (QED) is 0.645. The van der Waals surface area contributed by atoms with Gasteiger partial charge in [0.05, 0.1) is 24.8 Å². The van der Waals surface area contributed by atoms with E-state index in [9.17, 15) is 13.2 Å². The van der Waals surface area contributed by atoms with E-state index in [2.05, 4.69) is 25.3 Å². The molecule has 2 rings (SSSR count). The van der Waals surface area contributed by atoms with Crippen molar-refractivity contribution in [2.75, 3.05) is 0 Å².